The van der Waals surface area contributed by atoms with Crippen molar-refractivity contribution in [2.45, 2.75) is 20.8 Å². The van der Waals surface area contributed by atoms with Crippen LogP contribution >= 0.6 is 23.4 Å². The van der Waals surface area contributed by atoms with Crippen LogP contribution in [0.1, 0.15) is 39.0 Å². The molecule has 3 rings (SSSR count). The number of aromatic nitrogens is 1. The first-order valence-corrected chi connectivity index (χ1v) is 10.1. The molecule has 0 unspecified atom stereocenters. The SMILES string of the molecule is CC(=O)c1c(C)[nH]c(C(=O)Nc2ccc(N3CCSCC3)c(Cl)c2)c1C. The van der Waals surface area contributed by atoms with Crippen molar-refractivity contribution in [3.05, 3.63) is 45.7 Å². The van der Waals surface area contributed by atoms with Gasteiger partial charge in [-0.3, -0.25) is 9.59 Å². The molecule has 1 aromatic heterocycles. The number of carbonyl (C=O) groups is 2. The van der Waals surface area contributed by atoms with Crippen LogP contribution < -0.4 is 10.2 Å². The highest BCUT2D eigenvalue weighted by Crippen LogP contribution is 2.31. The topological polar surface area (TPSA) is 65.2 Å². The Morgan fingerprint density at radius 2 is 1.92 bits per heavy atom. The van der Waals surface area contributed by atoms with E-state index < -0.39 is 0 Å². The number of halogens is 1. The van der Waals surface area contributed by atoms with Crippen molar-refractivity contribution in [3.8, 4) is 0 Å². The number of H-pyrrole nitrogens is 1. The van der Waals surface area contributed by atoms with Crippen LogP contribution in [0.2, 0.25) is 5.02 Å². The van der Waals surface area contributed by atoms with Gasteiger partial charge in [0.05, 0.1) is 10.7 Å². The molecule has 138 valence electrons. The first kappa shape index (κ1) is 18.9. The van der Waals surface area contributed by atoms with Gasteiger partial charge in [0.15, 0.2) is 5.78 Å². The molecule has 0 bridgehead atoms. The van der Waals surface area contributed by atoms with E-state index in [9.17, 15) is 9.59 Å². The molecule has 1 fully saturated rings. The molecule has 0 saturated carbocycles. The molecule has 7 heteroatoms. The molecular weight excluding hydrogens is 370 g/mol. The summed E-state index contributed by atoms with van der Waals surface area (Å²) in [7, 11) is 0. The van der Waals surface area contributed by atoms with Crippen LogP contribution in [0.15, 0.2) is 18.2 Å². The number of anilines is 2. The fourth-order valence-electron chi connectivity index (χ4n) is 3.34. The number of nitrogens with one attached hydrogen (secondary N) is 2. The van der Waals surface area contributed by atoms with Crippen LogP contribution in [-0.4, -0.2) is 41.3 Å². The van der Waals surface area contributed by atoms with E-state index in [0.717, 1.165) is 30.3 Å². The zero-order valence-electron chi connectivity index (χ0n) is 15.1. The number of aromatic amines is 1. The van der Waals surface area contributed by atoms with Crippen LogP contribution in [0.5, 0.6) is 0 Å². The minimum absolute atomic E-state index is 0.0533. The van der Waals surface area contributed by atoms with Crippen molar-refractivity contribution >= 4 is 46.4 Å². The number of thioether (sulfide) groups is 1. The van der Waals surface area contributed by atoms with E-state index in [-0.39, 0.29) is 11.7 Å². The van der Waals surface area contributed by atoms with E-state index in [2.05, 4.69) is 15.2 Å². The summed E-state index contributed by atoms with van der Waals surface area (Å²) < 4.78 is 0. The summed E-state index contributed by atoms with van der Waals surface area (Å²) in [4.78, 5) is 29.6. The van der Waals surface area contributed by atoms with Crippen LogP contribution in [0, 0.1) is 13.8 Å². The number of carbonyl (C=O) groups excluding carboxylic acids is 2. The van der Waals surface area contributed by atoms with E-state index in [0.29, 0.717) is 33.2 Å². The molecule has 1 saturated heterocycles. The predicted octanol–water partition coefficient (Wildman–Crippen LogP) is 4.29. The average molecular weight is 392 g/mol. The molecule has 2 N–H and O–H groups in total. The number of benzene rings is 1. The molecule has 2 heterocycles. The molecule has 0 atom stereocenters. The monoisotopic (exact) mass is 391 g/mol. The Bertz CT molecular complexity index is 857. The highest BCUT2D eigenvalue weighted by Gasteiger charge is 2.20. The number of amides is 1. The summed E-state index contributed by atoms with van der Waals surface area (Å²) in [5, 5.41) is 3.48. The summed E-state index contributed by atoms with van der Waals surface area (Å²) in [6.45, 7) is 7.03. The van der Waals surface area contributed by atoms with E-state index in [1.54, 1.807) is 19.9 Å². The Kier molecular flexibility index (Phi) is 5.63. The Morgan fingerprint density at radius 3 is 2.50 bits per heavy atom. The second kappa shape index (κ2) is 7.76. The van der Waals surface area contributed by atoms with Gasteiger partial charge in [0.1, 0.15) is 5.69 Å². The van der Waals surface area contributed by atoms with Crippen LogP contribution in [0.3, 0.4) is 0 Å². The third kappa shape index (κ3) is 3.76. The predicted molar refractivity (Wildman–Crippen MR) is 109 cm³/mol. The smallest absolute Gasteiger partial charge is 0.272 e. The van der Waals surface area contributed by atoms with Crippen LogP contribution in [0.25, 0.3) is 0 Å². The first-order chi connectivity index (χ1) is 12.4. The summed E-state index contributed by atoms with van der Waals surface area (Å²) in [6, 6.07) is 5.58. The molecule has 1 aromatic carbocycles. The second-order valence-electron chi connectivity index (χ2n) is 6.40. The quantitative estimate of drug-likeness (QED) is 0.763. The number of nitrogens with zero attached hydrogens (tertiary/aromatic N) is 1. The fraction of sp³-hybridized carbons (Fsp3) is 0.368. The number of hydrogen-bond acceptors (Lipinski definition) is 4. The van der Waals surface area contributed by atoms with Gasteiger partial charge in [0, 0.05) is 41.5 Å². The molecule has 1 aliphatic rings. The van der Waals surface area contributed by atoms with Gasteiger partial charge in [-0.2, -0.15) is 11.8 Å². The number of ketones is 1. The zero-order chi connectivity index (χ0) is 18.8. The van der Waals surface area contributed by atoms with Crippen molar-refractivity contribution in [3.63, 3.8) is 0 Å². The molecule has 2 aromatic rings. The zero-order valence-corrected chi connectivity index (χ0v) is 16.7. The number of hydrogen-bond donors (Lipinski definition) is 2. The van der Waals surface area contributed by atoms with Gasteiger partial charge in [0.25, 0.3) is 5.91 Å². The van der Waals surface area contributed by atoms with Gasteiger partial charge in [-0.05, 0) is 44.5 Å². The Balaban J connectivity index is 1.79. The van der Waals surface area contributed by atoms with Crippen molar-refractivity contribution in [1.29, 1.82) is 0 Å². The summed E-state index contributed by atoms with van der Waals surface area (Å²) in [6.07, 6.45) is 0. The molecular formula is C19H22ClN3O2S. The molecule has 0 radical (unpaired) electrons. The van der Waals surface area contributed by atoms with Crippen molar-refractivity contribution < 1.29 is 9.59 Å². The molecule has 1 amide bonds. The Labute approximate surface area is 162 Å². The largest absolute Gasteiger partial charge is 0.369 e. The normalized spacial score (nSPS) is 14.4. The van der Waals surface area contributed by atoms with Gasteiger partial charge >= 0.3 is 0 Å². The second-order valence-corrected chi connectivity index (χ2v) is 8.03. The van der Waals surface area contributed by atoms with Crippen molar-refractivity contribution in [1.82, 2.24) is 4.98 Å². The lowest BCUT2D eigenvalue weighted by Crippen LogP contribution is -2.32. The molecule has 0 spiro atoms. The standard InChI is InChI=1S/C19H22ClN3O2S/c1-11-17(13(3)24)12(2)21-18(11)19(25)22-14-4-5-16(15(20)10-14)23-6-8-26-9-7-23/h4-5,10,21H,6-9H2,1-3H3,(H,22,25). The van der Waals surface area contributed by atoms with Crippen LogP contribution in [-0.2, 0) is 0 Å². The maximum absolute atomic E-state index is 12.6. The number of aryl methyl sites for hydroxylation is 1. The number of Topliss-reactive ketones (excluding diaryl/α,β-unsaturated/α-hetero) is 1. The Morgan fingerprint density at radius 1 is 1.23 bits per heavy atom. The van der Waals surface area contributed by atoms with Gasteiger partial charge in [-0.1, -0.05) is 11.6 Å². The van der Waals surface area contributed by atoms with Crippen molar-refractivity contribution in [2.24, 2.45) is 0 Å². The van der Waals surface area contributed by atoms with E-state index >= 15 is 0 Å². The molecule has 5 nitrogen and oxygen atoms in total. The van der Waals surface area contributed by atoms with E-state index in [4.69, 9.17) is 11.6 Å². The summed E-state index contributed by atoms with van der Waals surface area (Å²) in [5.74, 6) is 1.86. The first-order valence-electron chi connectivity index (χ1n) is 8.52. The minimum atomic E-state index is -0.281. The van der Waals surface area contributed by atoms with E-state index in [1.165, 1.54) is 6.92 Å². The fourth-order valence-corrected chi connectivity index (χ4v) is 4.55. The molecule has 1 aliphatic heterocycles. The maximum Gasteiger partial charge on any atom is 0.272 e. The third-order valence-corrected chi connectivity index (χ3v) is 5.82. The third-order valence-electron chi connectivity index (χ3n) is 4.57. The lowest BCUT2D eigenvalue weighted by atomic mass is 10.1. The maximum atomic E-state index is 12.6. The highest BCUT2D eigenvalue weighted by molar-refractivity contribution is 7.99. The molecule has 26 heavy (non-hydrogen) atoms. The Hall–Kier alpha value is -1.92. The molecule has 0 aliphatic carbocycles. The lowest BCUT2D eigenvalue weighted by Gasteiger charge is -2.29. The van der Waals surface area contributed by atoms with Crippen molar-refractivity contribution in [2.75, 3.05) is 34.8 Å². The summed E-state index contributed by atoms with van der Waals surface area (Å²) in [5.41, 5.74) is 3.98. The van der Waals surface area contributed by atoms with E-state index in [1.807, 2.05) is 23.9 Å². The highest BCUT2D eigenvalue weighted by atomic mass is 35.5. The van der Waals surface area contributed by atoms with Crippen LogP contribution in [0.4, 0.5) is 11.4 Å². The number of rotatable bonds is 4. The van der Waals surface area contributed by atoms with Gasteiger partial charge in [-0.15, -0.1) is 0 Å². The lowest BCUT2D eigenvalue weighted by molar-refractivity contribution is 0.101. The van der Waals surface area contributed by atoms with Gasteiger partial charge in [-0.25, -0.2) is 0 Å². The van der Waals surface area contributed by atoms with Gasteiger partial charge < -0.3 is 15.2 Å². The minimum Gasteiger partial charge on any atom is -0.369 e. The average Bonchev–Trinajstić information content (AvgIpc) is 2.90. The van der Waals surface area contributed by atoms with Gasteiger partial charge in [0.2, 0.25) is 0 Å². The summed E-state index contributed by atoms with van der Waals surface area (Å²) >= 11 is 8.39.